The molecule has 0 aliphatic heterocycles. The molecule has 2 rings (SSSR count). The lowest BCUT2D eigenvalue weighted by molar-refractivity contribution is 0.111. The average Bonchev–Trinajstić information content (AvgIpc) is 2.38. The van der Waals surface area contributed by atoms with Crippen LogP contribution in [0.4, 0.5) is 5.82 Å². The van der Waals surface area contributed by atoms with E-state index in [-0.39, 0.29) is 6.10 Å². The summed E-state index contributed by atoms with van der Waals surface area (Å²) in [5.41, 5.74) is 1.07. The smallest absolute Gasteiger partial charge is 0.129 e. The Morgan fingerprint density at radius 3 is 2.76 bits per heavy atom. The Bertz CT molecular complexity index is 348. The average molecular weight is 235 g/mol. The minimum Gasteiger partial charge on any atom is -0.393 e. The monoisotopic (exact) mass is 235 g/mol. The van der Waals surface area contributed by atoms with E-state index in [4.69, 9.17) is 0 Å². The molecule has 4 nitrogen and oxygen atoms in total. The summed E-state index contributed by atoms with van der Waals surface area (Å²) in [5, 5.41) is 12.8. The second kappa shape index (κ2) is 5.96. The second-order valence-electron chi connectivity index (χ2n) is 4.80. The highest BCUT2D eigenvalue weighted by Crippen LogP contribution is 2.24. The Morgan fingerprint density at radius 1 is 1.29 bits per heavy atom. The highest BCUT2D eigenvalue weighted by molar-refractivity contribution is 5.34. The van der Waals surface area contributed by atoms with Gasteiger partial charge in [-0.05, 0) is 38.0 Å². The fourth-order valence-corrected chi connectivity index (χ4v) is 2.29. The van der Waals surface area contributed by atoms with E-state index in [2.05, 4.69) is 22.2 Å². The van der Waals surface area contributed by atoms with Gasteiger partial charge < -0.3 is 10.4 Å². The minimum absolute atomic E-state index is 0.0722. The lowest BCUT2D eigenvalue weighted by Crippen LogP contribution is -2.23. The van der Waals surface area contributed by atoms with Crippen LogP contribution in [0.25, 0.3) is 0 Å². The molecule has 1 fully saturated rings. The molecule has 1 aromatic heterocycles. The van der Waals surface area contributed by atoms with Crippen LogP contribution in [0, 0.1) is 5.92 Å². The summed E-state index contributed by atoms with van der Waals surface area (Å²) in [6, 6.07) is 2.01. The summed E-state index contributed by atoms with van der Waals surface area (Å²) >= 11 is 0. The maximum atomic E-state index is 9.44. The minimum atomic E-state index is -0.0722. The molecule has 1 aliphatic carbocycles. The first kappa shape index (κ1) is 12.3. The molecule has 1 aliphatic rings. The SMILES string of the molecule is CCc1cc(NCC2CCC(O)CC2)ncn1. The van der Waals surface area contributed by atoms with Crippen molar-refractivity contribution in [1.29, 1.82) is 0 Å². The lowest BCUT2D eigenvalue weighted by atomic mass is 9.87. The number of rotatable bonds is 4. The summed E-state index contributed by atoms with van der Waals surface area (Å²) < 4.78 is 0. The maximum absolute atomic E-state index is 9.44. The standard InChI is InChI=1S/C13H21N3O/c1-2-11-7-13(16-9-15-11)14-8-10-3-5-12(17)6-4-10/h7,9-10,12,17H,2-6,8H2,1H3,(H,14,15,16). The first-order valence-electron chi connectivity index (χ1n) is 6.50. The summed E-state index contributed by atoms with van der Waals surface area (Å²) in [5.74, 6) is 1.58. The van der Waals surface area contributed by atoms with Crippen LogP contribution in [0.2, 0.25) is 0 Å². The zero-order valence-electron chi connectivity index (χ0n) is 10.4. The molecule has 1 heterocycles. The van der Waals surface area contributed by atoms with Crippen LogP contribution in [-0.4, -0.2) is 27.7 Å². The van der Waals surface area contributed by atoms with Crippen LogP contribution in [0.1, 0.15) is 38.3 Å². The number of aryl methyl sites for hydroxylation is 1. The van der Waals surface area contributed by atoms with Crippen molar-refractivity contribution in [3.8, 4) is 0 Å². The Morgan fingerprint density at radius 2 is 2.06 bits per heavy atom. The molecule has 0 spiro atoms. The van der Waals surface area contributed by atoms with Crippen LogP contribution in [0.3, 0.4) is 0 Å². The van der Waals surface area contributed by atoms with Crippen LogP contribution in [-0.2, 0) is 6.42 Å². The molecular weight excluding hydrogens is 214 g/mol. The fourth-order valence-electron chi connectivity index (χ4n) is 2.29. The first-order valence-corrected chi connectivity index (χ1v) is 6.50. The van der Waals surface area contributed by atoms with Gasteiger partial charge in [0, 0.05) is 18.3 Å². The lowest BCUT2D eigenvalue weighted by Gasteiger charge is -2.25. The van der Waals surface area contributed by atoms with E-state index in [1.54, 1.807) is 6.33 Å². The Balaban J connectivity index is 1.81. The normalized spacial score (nSPS) is 24.6. The number of anilines is 1. The van der Waals surface area contributed by atoms with E-state index in [1.165, 1.54) is 0 Å². The van der Waals surface area contributed by atoms with E-state index >= 15 is 0 Å². The summed E-state index contributed by atoms with van der Waals surface area (Å²) in [6.45, 7) is 3.04. The van der Waals surface area contributed by atoms with Crippen LogP contribution < -0.4 is 5.32 Å². The van der Waals surface area contributed by atoms with Crippen LogP contribution in [0.5, 0.6) is 0 Å². The predicted molar refractivity (Wildman–Crippen MR) is 67.9 cm³/mol. The van der Waals surface area contributed by atoms with Crippen molar-refractivity contribution in [2.75, 3.05) is 11.9 Å². The molecule has 17 heavy (non-hydrogen) atoms. The predicted octanol–water partition coefficient (Wildman–Crippen LogP) is 2.00. The van der Waals surface area contributed by atoms with Gasteiger partial charge in [0.1, 0.15) is 12.1 Å². The van der Waals surface area contributed by atoms with Crippen molar-refractivity contribution in [3.05, 3.63) is 18.1 Å². The van der Waals surface area contributed by atoms with Crippen molar-refractivity contribution in [2.45, 2.75) is 45.1 Å². The number of aliphatic hydroxyl groups is 1. The summed E-state index contributed by atoms with van der Waals surface area (Å²) in [7, 11) is 0. The van der Waals surface area contributed by atoms with Gasteiger partial charge in [0.25, 0.3) is 0 Å². The van der Waals surface area contributed by atoms with Crippen LogP contribution >= 0.6 is 0 Å². The zero-order valence-corrected chi connectivity index (χ0v) is 10.4. The highest BCUT2D eigenvalue weighted by Gasteiger charge is 2.18. The van der Waals surface area contributed by atoms with Gasteiger partial charge in [0.2, 0.25) is 0 Å². The van der Waals surface area contributed by atoms with E-state index in [0.717, 1.165) is 50.2 Å². The fraction of sp³-hybridized carbons (Fsp3) is 0.692. The van der Waals surface area contributed by atoms with Crippen molar-refractivity contribution < 1.29 is 5.11 Å². The van der Waals surface area contributed by atoms with Gasteiger partial charge in [-0.2, -0.15) is 0 Å². The highest BCUT2D eigenvalue weighted by atomic mass is 16.3. The first-order chi connectivity index (χ1) is 8.28. The Kier molecular flexibility index (Phi) is 4.31. The van der Waals surface area contributed by atoms with Crippen LogP contribution in [0.15, 0.2) is 12.4 Å². The van der Waals surface area contributed by atoms with Gasteiger partial charge in [0.15, 0.2) is 0 Å². The number of hydrogen-bond donors (Lipinski definition) is 2. The third-order valence-corrected chi connectivity index (χ3v) is 3.47. The molecule has 94 valence electrons. The Hall–Kier alpha value is -1.16. The van der Waals surface area contributed by atoms with Crippen molar-refractivity contribution in [3.63, 3.8) is 0 Å². The zero-order chi connectivity index (χ0) is 12.1. The molecule has 0 amide bonds. The topological polar surface area (TPSA) is 58.0 Å². The van der Waals surface area contributed by atoms with E-state index in [0.29, 0.717) is 5.92 Å². The summed E-state index contributed by atoms with van der Waals surface area (Å²) in [6.07, 6.45) is 6.59. The van der Waals surface area contributed by atoms with Gasteiger partial charge in [-0.3, -0.25) is 0 Å². The number of nitrogens with one attached hydrogen (secondary N) is 1. The molecule has 4 heteroatoms. The third kappa shape index (κ3) is 3.66. The quantitative estimate of drug-likeness (QED) is 0.838. The largest absolute Gasteiger partial charge is 0.393 e. The third-order valence-electron chi connectivity index (χ3n) is 3.47. The maximum Gasteiger partial charge on any atom is 0.129 e. The van der Waals surface area contributed by atoms with Crippen molar-refractivity contribution in [1.82, 2.24) is 9.97 Å². The number of hydrogen-bond acceptors (Lipinski definition) is 4. The molecule has 0 aromatic carbocycles. The van der Waals surface area contributed by atoms with E-state index in [1.807, 2.05) is 6.07 Å². The number of nitrogens with zero attached hydrogens (tertiary/aromatic N) is 2. The molecule has 0 atom stereocenters. The van der Waals surface area contributed by atoms with Gasteiger partial charge in [-0.1, -0.05) is 6.92 Å². The van der Waals surface area contributed by atoms with Gasteiger partial charge in [-0.15, -0.1) is 0 Å². The molecule has 2 N–H and O–H groups in total. The molecular formula is C13H21N3O. The number of aliphatic hydroxyl groups excluding tert-OH is 1. The molecule has 1 aromatic rings. The van der Waals surface area contributed by atoms with E-state index < -0.39 is 0 Å². The van der Waals surface area contributed by atoms with E-state index in [9.17, 15) is 5.11 Å². The van der Waals surface area contributed by atoms with Crippen molar-refractivity contribution in [2.24, 2.45) is 5.92 Å². The molecule has 1 saturated carbocycles. The molecule has 0 radical (unpaired) electrons. The van der Waals surface area contributed by atoms with Gasteiger partial charge in [-0.25, -0.2) is 9.97 Å². The molecule has 0 saturated heterocycles. The molecule has 0 bridgehead atoms. The summed E-state index contributed by atoms with van der Waals surface area (Å²) in [4.78, 5) is 8.39. The molecule has 0 unspecified atom stereocenters. The number of aromatic nitrogens is 2. The van der Waals surface area contributed by atoms with Crippen molar-refractivity contribution >= 4 is 5.82 Å². The second-order valence-corrected chi connectivity index (χ2v) is 4.80. The van der Waals surface area contributed by atoms with Gasteiger partial charge in [0.05, 0.1) is 6.10 Å². The Labute approximate surface area is 102 Å². The van der Waals surface area contributed by atoms with Gasteiger partial charge >= 0.3 is 0 Å².